The molecule has 1 N–H and O–H groups in total. The fourth-order valence-electron chi connectivity index (χ4n) is 2.01. The Balaban J connectivity index is 2.31. The molecule has 0 radical (unpaired) electrons. The molecule has 5 nitrogen and oxygen atoms in total. The molecule has 0 unspecified atom stereocenters. The van der Waals surface area contributed by atoms with Crippen molar-refractivity contribution < 1.29 is 4.79 Å². The molecule has 0 fully saturated rings. The van der Waals surface area contributed by atoms with Gasteiger partial charge in [-0.15, -0.1) is 0 Å². The van der Waals surface area contributed by atoms with Crippen molar-refractivity contribution in [3.8, 4) is 0 Å². The number of carbonyl (C=O) groups excluding carboxylic acids is 1. The summed E-state index contributed by atoms with van der Waals surface area (Å²) in [6, 6.07) is 5.65. The van der Waals surface area contributed by atoms with Gasteiger partial charge in [0.25, 0.3) is 5.91 Å². The molecule has 0 aliphatic heterocycles. The zero-order chi connectivity index (χ0) is 13.1. The molecular weight excluding hydrogens is 228 g/mol. The smallest absolute Gasteiger partial charge is 0.254 e. The van der Waals surface area contributed by atoms with Crippen LogP contribution in [0.3, 0.4) is 0 Å². The summed E-state index contributed by atoms with van der Waals surface area (Å²) in [4.78, 5) is 14.3. The minimum atomic E-state index is 0.0525. The van der Waals surface area contributed by atoms with E-state index >= 15 is 0 Å². The molecule has 1 aromatic carbocycles. The van der Waals surface area contributed by atoms with Crippen LogP contribution in [0.25, 0.3) is 11.0 Å². The van der Waals surface area contributed by atoms with Crippen molar-refractivity contribution in [2.24, 2.45) is 0 Å². The first-order valence-corrected chi connectivity index (χ1v) is 6.28. The van der Waals surface area contributed by atoms with Crippen molar-refractivity contribution in [1.82, 2.24) is 20.3 Å². The summed E-state index contributed by atoms with van der Waals surface area (Å²) >= 11 is 0. The lowest BCUT2D eigenvalue weighted by Crippen LogP contribution is -2.38. The van der Waals surface area contributed by atoms with Gasteiger partial charge in [0, 0.05) is 18.2 Å². The van der Waals surface area contributed by atoms with Crippen molar-refractivity contribution in [2.75, 3.05) is 6.54 Å². The van der Waals surface area contributed by atoms with Crippen molar-refractivity contribution in [2.45, 2.75) is 33.2 Å². The topological polar surface area (TPSA) is 61.9 Å². The fraction of sp³-hybridized carbons (Fsp3) is 0.462. The molecule has 5 heteroatoms. The standard InChI is InChI=1S/C13H18N4O/c1-4-9(3)17(5-2)13(18)10-6-7-11-12(8-10)15-16-14-11/h6-9H,4-5H2,1-3H3,(H,14,15,16)/t9-/m1/s1. The molecule has 0 spiro atoms. The maximum Gasteiger partial charge on any atom is 0.254 e. The number of hydrogen-bond donors (Lipinski definition) is 1. The monoisotopic (exact) mass is 246 g/mol. The quantitative estimate of drug-likeness (QED) is 0.899. The van der Waals surface area contributed by atoms with E-state index in [1.54, 1.807) is 12.1 Å². The molecular formula is C13H18N4O. The number of amides is 1. The van der Waals surface area contributed by atoms with Gasteiger partial charge in [0.15, 0.2) is 0 Å². The van der Waals surface area contributed by atoms with E-state index in [0.29, 0.717) is 12.1 Å². The molecule has 1 aromatic heterocycles. The summed E-state index contributed by atoms with van der Waals surface area (Å²) in [5, 5.41) is 10.5. The number of benzene rings is 1. The van der Waals surface area contributed by atoms with Gasteiger partial charge in [-0.25, -0.2) is 0 Å². The van der Waals surface area contributed by atoms with E-state index in [1.165, 1.54) is 0 Å². The molecule has 1 amide bonds. The van der Waals surface area contributed by atoms with Crippen LogP contribution in [0, 0.1) is 0 Å². The number of hydrogen-bond acceptors (Lipinski definition) is 3. The third kappa shape index (κ3) is 2.20. The summed E-state index contributed by atoms with van der Waals surface area (Å²) in [7, 11) is 0. The first kappa shape index (κ1) is 12.5. The van der Waals surface area contributed by atoms with E-state index in [4.69, 9.17) is 0 Å². The number of aromatic nitrogens is 3. The number of carbonyl (C=O) groups is 1. The third-order valence-electron chi connectivity index (χ3n) is 3.29. The summed E-state index contributed by atoms with van der Waals surface area (Å²) in [6.07, 6.45) is 0.950. The lowest BCUT2D eigenvalue weighted by atomic mass is 10.1. The van der Waals surface area contributed by atoms with Crippen LogP contribution >= 0.6 is 0 Å². The Morgan fingerprint density at radius 3 is 2.72 bits per heavy atom. The Morgan fingerprint density at radius 2 is 2.06 bits per heavy atom. The molecule has 0 bridgehead atoms. The second-order valence-corrected chi connectivity index (χ2v) is 4.38. The van der Waals surface area contributed by atoms with Crippen LogP contribution in [0.1, 0.15) is 37.6 Å². The highest BCUT2D eigenvalue weighted by Gasteiger charge is 2.19. The van der Waals surface area contributed by atoms with E-state index in [2.05, 4.69) is 29.3 Å². The van der Waals surface area contributed by atoms with Gasteiger partial charge in [0.2, 0.25) is 0 Å². The van der Waals surface area contributed by atoms with Crippen LogP contribution in [0.4, 0.5) is 0 Å². The number of nitrogens with one attached hydrogen (secondary N) is 1. The predicted molar refractivity (Wildman–Crippen MR) is 70.4 cm³/mol. The molecule has 0 aliphatic carbocycles. The molecule has 1 heterocycles. The van der Waals surface area contributed by atoms with Crippen molar-refractivity contribution in [1.29, 1.82) is 0 Å². The first-order valence-electron chi connectivity index (χ1n) is 6.28. The number of nitrogens with zero attached hydrogens (tertiary/aromatic N) is 3. The zero-order valence-electron chi connectivity index (χ0n) is 11.0. The summed E-state index contributed by atoms with van der Waals surface area (Å²) in [6.45, 7) is 6.86. The van der Waals surface area contributed by atoms with Gasteiger partial charge in [-0.05, 0) is 38.5 Å². The zero-order valence-corrected chi connectivity index (χ0v) is 11.0. The van der Waals surface area contributed by atoms with Gasteiger partial charge in [-0.2, -0.15) is 15.4 Å². The van der Waals surface area contributed by atoms with Crippen LogP contribution in [-0.2, 0) is 0 Å². The van der Waals surface area contributed by atoms with E-state index < -0.39 is 0 Å². The first-order chi connectivity index (χ1) is 8.67. The van der Waals surface area contributed by atoms with Gasteiger partial charge in [-0.3, -0.25) is 4.79 Å². The molecule has 0 saturated carbocycles. The summed E-state index contributed by atoms with van der Waals surface area (Å²) in [5.74, 6) is 0.0525. The second kappa shape index (κ2) is 5.16. The van der Waals surface area contributed by atoms with E-state index in [0.717, 1.165) is 17.5 Å². The highest BCUT2D eigenvalue weighted by molar-refractivity contribution is 5.97. The minimum absolute atomic E-state index is 0.0525. The minimum Gasteiger partial charge on any atom is -0.336 e. The van der Waals surface area contributed by atoms with E-state index in [-0.39, 0.29) is 11.9 Å². The molecule has 0 aliphatic rings. The summed E-state index contributed by atoms with van der Waals surface area (Å²) < 4.78 is 0. The maximum atomic E-state index is 12.4. The van der Waals surface area contributed by atoms with Crippen molar-refractivity contribution in [3.05, 3.63) is 23.8 Å². The van der Waals surface area contributed by atoms with Gasteiger partial charge >= 0.3 is 0 Å². The normalized spacial score (nSPS) is 12.6. The molecule has 1 atom stereocenters. The SMILES string of the molecule is CC[C@@H](C)N(CC)C(=O)c1ccc2n[nH]nc2c1. The third-order valence-corrected chi connectivity index (χ3v) is 3.29. The number of rotatable bonds is 4. The lowest BCUT2D eigenvalue weighted by Gasteiger charge is -2.27. The molecule has 2 aromatic rings. The van der Waals surface area contributed by atoms with Crippen LogP contribution in [-0.4, -0.2) is 38.8 Å². The average molecular weight is 246 g/mol. The summed E-state index contributed by atoms with van der Waals surface area (Å²) in [5.41, 5.74) is 2.16. The van der Waals surface area contributed by atoms with Gasteiger partial charge in [0.05, 0.1) is 0 Å². The number of aromatic amines is 1. The molecule has 2 rings (SSSR count). The number of H-pyrrole nitrogens is 1. The molecule has 0 saturated heterocycles. The maximum absolute atomic E-state index is 12.4. The van der Waals surface area contributed by atoms with E-state index in [9.17, 15) is 4.79 Å². The lowest BCUT2D eigenvalue weighted by molar-refractivity contribution is 0.0700. The highest BCUT2D eigenvalue weighted by atomic mass is 16.2. The van der Waals surface area contributed by atoms with Gasteiger partial charge in [0.1, 0.15) is 11.0 Å². The van der Waals surface area contributed by atoms with Gasteiger partial charge < -0.3 is 4.90 Å². The van der Waals surface area contributed by atoms with Crippen LogP contribution in [0.5, 0.6) is 0 Å². The van der Waals surface area contributed by atoms with Gasteiger partial charge in [-0.1, -0.05) is 6.92 Å². The van der Waals surface area contributed by atoms with E-state index in [1.807, 2.05) is 17.9 Å². The molecule has 18 heavy (non-hydrogen) atoms. The average Bonchev–Trinajstić information content (AvgIpc) is 2.86. The molecule has 96 valence electrons. The Morgan fingerprint density at radius 1 is 1.33 bits per heavy atom. The van der Waals surface area contributed by atoms with Crippen LogP contribution < -0.4 is 0 Å². The fourth-order valence-corrected chi connectivity index (χ4v) is 2.01. The Kier molecular flexibility index (Phi) is 3.60. The second-order valence-electron chi connectivity index (χ2n) is 4.38. The van der Waals surface area contributed by atoms with Crippen LogP contribution in [0.2, 0.25) is 0 Å². The predicted octanol–water partition coefficient (Wildman–Crippen LogP) is 2.22. The Hall–Kier alpha value is -1.91. The number of fused-ring (bicyclic) bond motifs is 1. The highest BCUT2D eigenvalue weighted by Crippen LogP contribution is 2.15. The van der Waals surface area contributed by atoms with Crippen molar-refractivity contribution in [3.63, 3.8) is 0 Å². The Bertz CT molecular complexity index is 549. The Labute approximate surface area is 106 Å². The largest absolute Gasteiger partial charge is 0.336 e. The van der Waals surface area contributed by atoms with Crippen molar-refractivity contribution >= 4 is 16.9 Å². The van der Waals surface area contributed by atoms with Crippen LogP contribution in [0.15, 0.2) is 18.2 Å².